The van der Waals surface area contributed by atoms with Gasteiger partial charge in [0, 0.05) is 29.4 Å². The highest BCUT2D eigenvalue weighted by atomic mass is 16.5. The summed E-state index contributed by atoms with van der Waals surface area (Å²) >= 11 is 0. The lowest BCUT2D eigenvalue weighted by atomic mass is 10.0. The van der Waals surface area contributed by atoms with Crippen LogP contribution in [0.25, 0.3) is 0 Å². The zero-order valence-corrected chi connectivity index (χ0v) is 14.6. The van der Waals surface area contributed by atoms with Gasteiger partial charge in [-0.15, -0.1) is 0 Å². The number of ether oxygens (including phenoxy) is 1. The second-order valence-electron chi connectivity index (χ2n) is 6.05. The van der Waals surface area contributed by atoms with E-state index in [4.69, 9.17) is 4.74 Å². The summed E-state index contributed by atoms with van der Waals surface area (Å²) in [4.78, 5) is 40.2. The van der Waals surface area contributed by atoms with E-state index in [1.165, 1.54) is 19.4 Å². The number of aryl methyl sites for hydroxylation is 1. The average Bonchev–Trinajstić information content (AvgIpc) is 2.82. The molecule has 2 aromatic rings. The lowest BCUT2D eigenvalue weighted by Crippen LogP contribution is -2.16. The molecule has 1 aliphatic rings. The number of nitrogens with zero attached hydrogens (tertiary/aromatic N) is 1. The Hall–Kier alpha value is -3.22. The Morgan fingerprint density at radius 3 is 2.81 bits per heavy atom. The van der Waals surface area contributed by atoms with Crippen LogP contribution < -0.4 is 10.6 Å². The molecule has 26 heavy (non-hydrogen) atoms. The van der Waals surface area contributed by atoms with Crippen LogP contribution in [-0.2, 0) is 16.0 Å². The molecule has 3 rings (SSSR count). The predicted octanol–water partition coefficient (Wildman–Crippen LogP) is 2.70. The number of carbonyl (C=O) groups excluding carboxylic acids is 3. The third kappa shape index (κ3) is 3.56. The molecule has 0 unspecified atom stereocenters. The number of amides is 2. The fourth-order valence-corrected chi connectivity index (χ4v) is 2.88. The van der Waals surface area contributed by atoms with Crippen molar-refractivity contribution in [3.8, 4) is 0 Å². The largest absolute Gasteiger partial charge is 0.465 e. The molecule has 2 amide bonds. The SMILES string of the molecule is COC(=O)c1ccnc(NC(=O)c2ccc3c(c2)NC(=O)CCC3)c1C. The fraction of sp³-hybridized carbons (Fsp3) is 0.263. The minimum absolute atomic E-state index is 0.0513. The predicted molar refractivity (Wildman–Crippen MR) is 96.3 cm³/mol. The maximum Gasteiger partial charge on any atom is 0.338 e. The number of aromatic nitrogens is 1. The Bertz CT molecular complexity index is 892. The van der Waals surface area contributed by atoms with Crippen LogP contribution in [0.1, 0.15) is 44.7 Å². The number of pyridine rings is 1. The first-order valence-electron chi connectivity index (χ1n) is 8.27. The van der Waals surface area contributed by atoms with Crippen molar-refractivity contribution >= 4 is 29.3 Å². The van der Waals surface area contributed by atoms with Crippen molar-refractivity contribution in [2.75, 3.05) is 17.7 Å². The number of hydrogen-bond donors (Lipinski definition) is 2. The maximum absolute atomic E-state index is 12.6. The van der Waals surface area contributed by atoms with Crippen LogP contribution >= 0.6 is 0 Å². The average molecular weight is 353 g/mol. The molecule has 2 N–H and O–H groups in total. The highest BCUT2D eigenvalue weighted by Gasteiger charge is 2.18. The standard InChI is InChI=1S/C19H19N3O4/c1-11-14(19(25)26-2)8-9-20-17(11)22-18(24)13-7-6-12-4-3-5-16(23)21-15(12)10-13/h6-10H,3-5H2,1-2H3,(H,21,23)(H,20,22,24). The zero-order valence-electron chi connectivity index (χ0n) is 14.6. The summed E-state index contributed by atoms with van der Waals surface area (Å²) < 4.78 is 4.73. The van der Waals surface area contributed by atoms with Crippen molar-refractivity contribution in [3.05, 3.63) is 52.7 Å². The number of esters is 1. The summed E-state index contributed by atoms with van der Waals surface area (Å²) in [5.74, 6) is -0.626. The van der Waals surface area contributed by atoms with Gasteiger partial charge >= 0.3 is 5.97 Å². The first-order chi connectivity index (χ1) is 12.5. The second kappa shape index (κ2) is 7.35. The van der Waals surface area contributed by atoms with Crippen LogP contribution in [-0.4, -0.2) is 29.9 Å². The van der Waals surface area contributed by atoms with E-state index < -0.39 is 5.97 Å². The van der Waals surface area contributed by atoms with Gasteiger partial charge in [-0.2, -0.15) is 0 Å². The number of nitrogens with one attached hydrogen (secondary N) is 2. The molecule has 7 heteroatoms. The van der Waals surface area contributed by atoms with Gasteiger partial charge in [-0.25, -0.2) is 9.78 Å². The van der Waals surface area contributed by atoms with E-state index in [0.29, 0.717) is 28.8 Å². The van der Waals surface area contributed by atoms with Crippen LogP contribution in [0.5, 0.6) is 0 Å². The first-order valence-corrected chi connectivity index (χ1v) is 8.27. The van der Waals surface area contributed by atoms with E-state index in [1.807, 2.05) is 6.07 Å². The topological polar surface area (TPSA) is 97.4 Å². The molecule has 0 saturated carbocycles. The molecular weight excluding hydrogens is 334 g/mol. The zero-order chi connectivity index (χ0) is 18.7. The minimum Gasteiger partial charge on any atom is -0.465 e. The van der Waals surface area contributed by atoms with Gasteiger partial charge in [-0.3, -0.25) is 9.59 Å². The van der Waals surface area contributed by atoms with E-state index in [9.17, 15) is 14.4 Å². The van der Waals surface area contributed by atoms with E-state index in [-0.39, 0.29) is 17.6 Å². The van der Waals surface area contributed by atoms with E-state index in [0.717, 1.165) is 18.4 Å². The maximum atomic E-state index is 12.6. The van der Waals surface area contributed by atoms with Crippen LogP contribution in [0.15, 0.2) is 30.5 Å². The molecule has 1 aromatic carbocycles. The fourth-order valence-electron chi connectivity index (χ4n) is 2.88. The Kier molecular flexibility index (Phi) is 4.97. The first kappa shape index (κ1) is 17.6. The Labute approximate surface area is 150 Å². The van der Waals surface area contributed by atoms with E-state index >= 15 is 0 Å². The number of methoxy groups -OCH3 is 1. The van der Waals surface area contributed by atoms with Gasteiger partial charge in [0.1, 0.15) is 5.82 Å². The summed E-state index contributed by atoms with van der Waals surface area (Å²) in [5.41, 5.74) is 2.93. The molecular formula is C19H19N3O4. The molecule has 0 fully saturated rings. The summed E-state index contributed by atoms with van der Waals surface area (Å²) in [5, 5.41) is 5.54. The lowest BCUT2D eigenvalue weighted by Gasteiger charge is -2.12. The van der Waals surface area contributed by atoms with Crippen LogP contribution in [0, 0.1) is 6.92 Å². The molecule has 0 spiro atoms. The highest BCUT2D eigenvalue weighted by Crippen LogP contribution is 2.24. The Morgan fingerprint density at radius 2 is 2.04 bits per heavy atom. The Morgan fingerprint density at radius 1 is 1.23 bits per heavy atom. The number of benzene rings is 1. The monoisotopic (exact) mass is 353 g/mol. The van der Waals surface area contributed by atoms with Crippen molar-refractivity contribution in [1.82, 2.24) is 4.98 Å². The third-order valence-corrected chi connectivity index (χ3v) is 4.34. The molecule has 1 aromatic heterocycles. The van der Waals surface area contributed by atoms with Crippen LogP contribution in [0.2, 0.25) is 0 Å². The van der Waals surface area contributed by atoms with Crippen molar-refractivity contribution in [2.24, 2.45) is 0 Å². The molecule has 134 valence electrons. The van der Waals surface area contributed by atoms with Crippen molar-refractivity contribution < 1.29 is 19.1 Å². The van der Waals surface area contributed by atoms with Crippen molar-refractivity contribution in [3.63, 3.8) is 0 Å². The molecule has 7 nitrogen and oxygen atoms in total. The van der Waals surface area contributed by atoms with Crippen LogP contribution in [0.4, 0.5) is 11.5 Å². The smallest absolute Gasteiger partial charge is 0.338 e. The summed E-state index contributed by atoms with van der Waals surface area (Å²) in [6.45, 7) is 1.69. The quantitative estimate of drug-likeness (QED) is 0.827. The molecule has 0 radical (unpaired) electrons. The van der Waals surface area contributed by atoms with Gasteiger partial charge in [0.15, 0.2) is 0 Å². The normalized spacial score (nSPS) is 13.2. The van der Waals surface area contributed by atoms with Gasteiger partial charge in [-0.05, 0) is 43.5 Å². The minimum atomic E-state index is -0.492. The van der Waals surface area contributed by atoms with Gasteiger partial charge < -0.3 is 15.4 Å². The molecule has 0 atom stereocenters. The second-order valence-corrected chi connectivity index (χ2v) is 6.05. The van der Waals surface area contributed by atoms with Crippen molar-refractivity contribution in [1.29, 1.82) is 0 Å². The molecule has 0 saturated heterocycles. The summed E-state index contributed by atoms with van der Waals surface area (Å²) in [7, 11) is 1.30. The van der Waals surface area contributed by atoms with Gasteiger partial charge in [-0.1, -0.05) is 6.07 Å². The van der Waals surface area contributed by atoms with Gasteiger partial charge in [0.25, 0.3) is 5.91 Å². The lowest BCUT2D eigenvalue weighted by molar-refractivity contribution is -0.116. The highest BCUT2D eigenvalue weighted by molar-refractivity contribution is 6.06. The number of fused-ring (bicyclic) bond motifs is 1. The Balaban J connectivity index is 1.85. The van der Waals surface area contributed by atoms with Crippen molar-refractivity contribution in [2.45, 2.75) is 26.2 Å². The van der Waals surface area contributed by atoms with Gasteiger partial charge in [0.2, 0.25) is 5.91 Å². The summed E-state index contributed by atoms with van der Waals surface area (Å²) in [6.07, 6.45) is 3.48. The number of anilines is 2. The molecule has 0 bridgehead atoms. The number of carbonyl (C=O) groups is 3. The van der Waals surface area contributed by atoms with Crippen LogP contribution in [0.3, 0.4) is 0 Å². The molecule has 2 heterocycles. The molecule has 0 aliphatic carbocycles. The van der Waals surface area contributed by atoms with Gasteiger partial charge in [0.05, 0.1) is 12.7 Å². The van der Waals surface area contributed by atoms with E-state index in [2.05, 4.69) is 15.6 Å². The third-order valence-electron chi connectivity index (χ3n) is 4.34. The van der Waals surface area contributed by atoms with E-state index in [1.54, 1.807) is 19.1 Å². The number of hydrogen-bond acceptors (Lipinski definition) is 5. The molecule has 1 aliphatic heterocycles. The summed E-state index contributed by atoms with van der Waals surface area (Å²) in [6, 6.07) is 6.76. The number of rotatable bonds is 3.